The minimum Gasteiger partial charge on any atom is -0.368 e. The summed E-state index contributed by atoms with van der Waals surface area (Å²) in [4.78, 5) is 4.20. The van der Waals surface area contributed by atoms with Crippen LogP contribution in [0, 0.1) is 5.41 Å². The Bertz CT molecular complexity index is 293. The molecule has 66 valence electrons. The summed E-state index contributed by atoms with van der Waals surface area (Å²) in [6.45, 7) is 4.45. The molecule has 0 aromatic carbocycles. The molecule has 0 saturated heterocycles. The van der Waals surface area contributed by atoms with Crippen molar-refractivity contribution in [3.05, 3.63) is 5.82 Å². The Labute approximate surface area is 71.8 Å². The number of anilines is 1. The molecule has 0 spiro atoms. The monoisotopic (exact) mass is 166 g/mol. The molecule has 1 aliphatic carbocycles. The number of hydrogen-bond acceptors (Lipinski definition) is 3. The van der Waals surface area contributed by atoms with E-state index in [1.165, 1.54) is 6.42 Å². The van der Waals surface area contributed by atoms with Crippen molar-refractivity contribution in [2.24, 2.45) is 12.5 Å². The second kappa shape index (κ2) is 2.00. The number of rotatable bonds is 1. The topological polar surface area (TPSA) is 56.7 Å². The van der Waals surface area contributed by atoms with Crippen molar-refractivity contribution < 1.29 is 0 Å². The van der Waals surface area contributed by atoms with E-state index in [4.69, 9.17) is 5.73 Å². The first-order chi connectivity index (χ1) is 5.50. The van der Waals surface area contributed by atoms with Gasteiger partial charge < -0.3 is 5.73 Å². The molecule has 1 aromatic heterocycles. The fourth-order valence-electron chi connectivity index (χ4n) is 1.47. The first-order valence-corrected chi connectivity index (χ1v) is 4.17. The maximum absolute atomic E-state index is 5.58. The smallest absolute Gasteiger partial charge is 0.218 e. The highest BCUT2D eigenvalue weighted by Crippen LogP contribution is 2.57. The van der Waals surface area contributed by atoms with Crippen LogP contribution in [0.25, 0.3) is 0 Å². The molecular formula is C8H14N4. The van der Waals surface area contributed by atoms with Gasteiger partial charge in [-0.3, -0.25) is 0 Å². The van der Waals surface area contributed by atoms with Gasteiger partial charge in [0.1, 0.15) is 0 Å². The molecule has 2 rings (SSSR count). The van der Waals surface area contributed by atoms with Crippen LogP contribution in [0.1, 0.15) is 32.0 Å². The second-order valence-electron chi connectivity index (χ2n) is 4.20. The molecule has 4 heteroatoms. The van der Waals surface area contributed by atoms with E-state index >= 15 is 0 Å². The lowest BCUT2D eigenvalue weighted by Crippen LogP contribution is -1.97. The van der Waals surface area contributed by atoms with Gasteiger partial charge in [0.15, 0.2) is 5.82 Å². The quantitative estimate of drug-likeness (QED) is 0.674. The molecule has 1 saturated carbocycles. The van der Waals surface area contributed by atoms with Gasteiger partial charge in [-0.1, -0.05) is 13.8 Å². The molecule has 1 atom stereocenters. The Hall–Kier alpha value is -1.06. The Kier molecular flexibility index (Phi) is 1.26. The lowest BCUT2D eigenvalue weighted by Gasteiger charge is -1.96. The van der Waals surface area contributed by atoms with Gasteiger partial charge in [-0.2, -0.15) is 10.1 Å². The minimum absolute atomic E-state index is 0.383. The van der Waals surface area contributed by atoms with Crippen LogP contribution in [0.4, 0.5) is 5.95 Å². The standard InChI is InChI=1S/C8H14N4/c1-8(2)4-5(8)6-10-7(9)12(3)11-6/h5H,4H2,1-3H3,(H2,9,10,11). The number of hydrogen-bond donors (Lipinski definition) is 1. The molecular weight excluding hydrogens is 152 g/mol. The maximum atomic E-state index is 5.58. The van der Waals surface area contributed by atoms with E-state index in [2.05, 4.69) is 23.9 Å². The third-order valence-electron chi connectivity index (χ3n) is 2.64. The average Bonchev–Trinajstić information content (AvgIpc) is 2.45. The average molecular weight is 166 g/mol. The van der Waals surface area contributed by atoms with Crippen molar-refractivity contribution in [1.29, 1.82) is 0 Å². The summed E-state index contributed by atoms with van der Waals surface area (Å²) in [6.07, 6.45) is 1.18. The van der Waals surface area contributed by atoms with E-state index in [0.717, 1.165) is 5.82 Å². The van der Waals surface area contributed by atoms with Crippen molar-refractivity contribution in [2.45, 2.75) is 26.2 Å². The molecule has 0 radical (unpaired) electrons. The summed E-state index contributed by atoms with van der Waals surface area (Å²) in [6, 6.07) is 0. The fourth-order valence-corrected chi connectivity index (χ4v) is 1.47. The predicted molar refractivity (Wildman–Crippen MR) is 46.6 cm³/mol. The number of nitrogen functional groups attached to an aromatic ring is 1. The normalized spacial score (nSPS) is 25.8. The molecule has 0 amide bonds. The Morgan fingerprint density at radius 3 is 2.50 bits per heavy atom. The first kappa shape index (κ1) is 7.58. The van der Waals surface area contributed by atoms with Crippen LogP contribution in [-0.4, -0.2) is 14.8 Å². The summed E-state index contributed by atoms with van der Waals surface area (Å²) in [5, 5.41) is 4.25. The number of aryl methyl sites for hydroxylation is 1. The van der Waals surface area contributed by atoms with Crippen molar-refractivity contribution >= 4 is 5.95 Å². The van der Waals surface area contributed by atoms with E-state index < -0.39 is 0 Å². The molecule has 12 heavy (non-hydrogen) atoms. The Morgan fingerprint density at radius 2 is 2.17 bits per heavy atom. The predicted octanol–water partition coefficient (Wildman–Crippen LogP) is 0.911. The Balaban J connectivity index is 2.26. The third kappa shape index (κ3) is 0.983. The Morgan fingerprint density at radius 1 is 1.58 bits per heavy atom. The summed E-state index contributed by atoms with van der Waals surface area (Å²) in [5.41, 5.74) is 5.97. The molecule has 1 heterocycles. The van der Waals surface area contributed by atoms with Crippen LogP contribution in [0.15, 0.2) is 0 Å². The van der Waals surface area contributed by atoms with Gasteiger partial charge >= 0.3 is 0 Å². The largest absolute Gasteiger partial charge is 0.368 e. The van der Waals surface area contributed by atoms with Gasteiger partial charge in [0.05, 0.1) is 0 Å². The van der Waals surface area contributed by atoms with Crippen molar-refractivity contribution in [1.82, 2.24) is 14.8 Å². The summed E-state index contributed by atoms with van der Waals surface area (Å²) in [7, 11) is 1.82. The van der Waals surface area contributed by atoms with Crippen LogP contribution >= 0.6 is 0 Å². The zero-order valence-corrected chi connectivity index (χ0v) is 7.70. The fraction of sp³-hybridized carbons (Fsp3) is 0.750. The minimum atomic E-state index is 0.383. The SMILES string of the molecule is Cn1nc(C2CC2(C)C)nc1N. The number of nitrogens with two attached hydrogens (primary N) is 1. The summed E-state index contributed by atoms with van der Waals surface area (Å²) >= 11 is 0. The van der Waals surface area contributed by atoms with E-state index in [9.17, 15) is 0 Å². The molecule has 4 nitrogen and oxygen atoms in total. The van der Waals surface area contributed by atoms with Crippen LogP contribution in [0.2, 0.25) is 0 Å². The zero-order chi connectivity index (χ0) is 8.93. The van der Waals surface area contributed by atoms with Gasteiger partial charge in [0.25, 0.3) is 0 Å². The zero-order valence-electron chi connectivity index (χ0n) is 7.70. The number of nitrogens with zero attached hydrogens (tertiary/aromatic N) is 3. The number of aromatic nitrogens is 3. The van der Waals surface area contributed by atoms with Gasteiger partial charge in [-0.05, 0) is 11.8 Å². The van der Waals surface area contributed by atoms with Crippen molar-refractivity contribution in [2.75, 3.05) is 5.73 Å². The van der Waals surface area contributed by atoms with Crippen molar-refractivity contribution in [3.63, 3.8) is 0 Å². The lowest BCUT2D eigenvalue weighted by atomic mass is 10.1. The van der Waals surface area contributed by atoms with Crippen molar-refractivity contribution in [3.8, 4) is 0 Å². The van der Waals surface area contributed by atoms with E-state index in [0.29, 0.717) is 17.3 Å². The van der Waals surface area contributed by atoms with Gasteiger partial charge in [0, 0.05) is 13.0 Å². The van der Waals surface area contributed by atoms with E-state index in [1.807, 2.05) is 7.05 Å². The maximum Gasteiger partial charge on any atom is 0.218 e. The molecule has 0 aliphatic heterocycles. The highest BCUT2D eigenvalue weighted by atomic mass is 15.4. The van der Waals surface area contributed by atoms with Gasteiger partial charge in [-0.25, -0.2) is 4.68 Å². The highest BCUT2D eigenvalue weighted by molar-refractivity contribution is 5.22. The summed E-state index contributed by atoms with van der Waals surface area (Å²) < 4.78 is 1.63. The van der Waals surface area contributed by atoms with E-state index in [1.54, 1.807) is 4.68 Å². The molecule has 1 unspecified atom stereocenters. The van der Waals surface area contributed by atoms with Gasteiger partial charge in [0.2, 0.25) is 5.95 Å². The van der Waals surface area contributed by atoms with E-state index in [-0.39, 0.29) is 0 Å². The van der Waals surface area contributed by atoms with Gasteiger partial charge in [-0.15, -0.1) is 0 Å². The molecule has 1 aromatic rings. The van der Waals surface area contributed by atoms with Crippen LogP contribution in [0.5, 0.6) is 0 Å². The lowest BCUT2D eigenvalue weighted by molar-refractivity contribution is 0.604. The van der Waals surface area contributed by atoms with Crippen LogP contribution in [0.3, 0.4) is 0 Å². The van der Waals surface area contributed by atoms with Crippen LogP contribution in [-0.2, 0) is 7.05 Å². The molecule has 0 bridgehead atoms. The summed E-state index contributed by atoms with van der Waals surface area (Å²) in [5.74, 6) is 1.92. The third-order valence-corrected chi connectivity index (χ3v) is 2.64. The molecule has 1 fully saturated rings. The first-order valence-electron chi connectivity index (χ1n) is 4.17. The second-order valence-corrected chi connectivity index (χ2v) is 4.20. The molecule has 2 N–H and O–H groups in total. The molecule has 1 aliphatic rings. The van der Waals surface area contributed by atoms with Crippen LogP contribution < -0.4 is 5.73 Å². The highest BCUT2D eigenvalue weighted by Gasteiger charge is 2.49.